The summed E-state index contributed by atoms with van der Waals surface area (Å²) in [4.78, 5) is 22.7. The maximum absolute atomic E-state index is 10.6. The van der Waals surface area contributed by atoms with Gasteiger partial charge in [-0.15, -0.1) is 0 Å². The highest BCUT2D eigenvalue weighted by Crippen LogP contribution is 2.09. The van der Waals surface area contributed by atoms with Crippen molar-refractivity contribution in [3.63, 3.8) is 0 Å². The minimum atomic E-state index is -3.85. The molecule has 0 spiro atoms. The number of carbonyl (C=O) groups is 2. The lowest BCUT2D eigenvalue weighted by Crippen LogP contribution is -3.11. The second-order valence-corrected chi connectivity index (χ2v) is 9.24. The normalized spacial score (nSPS) is 17.3. The molecule has 15 nitrogen and oxygen atoms in total. The zero-order valence-electron chi connectivity index (χ0n) is 18.6. The number of ketones is 1. The fraction of sp³-hybridized carbons (Fsp3) is 0.647. The Labute approximate surface area is 210 Å². The third-order valence-corrected chi connectivity index (χ3v) is 5.50. The highest BCUT2D eigenvalue weighted by atomic mass is 32.2. The van der Waals surface area contributed by atoms with Gasteiger partial charge in [-0.2, -0.15) is 16.8 Å². The lowest BCUT2D eigenvalue weighted by Gasteiger charge is -2.10. The number of rotatable bonds is 4. The molecular weight excluding hydrogens is 536 g/mol. The molecule has 2 aliphatic rings. The number of allylic oxidation sites excluding steroid dienone is 3. The number of quaternary nitrogens is 1. The predicted octanol–water partition coefficient (Wildman–Crippen LogP) is -2.45. The van der Waals surface area contributed by atoms with Crippen molar-refractivity contribution in [2.45, 2.75) is 49.5 Å². The third-order valence-electron chi connectivity index (χ3n) is 3.30. The summed E-state index contributed by atoms with van der Waals surface area (Å²) in [6, 6.07) is 0. The lowest BCUT2D eigenvalue weighted by molar-refractivity contribution is -0.894. The van der Waals surface area contributed by atoms with E-state index in [1.165, 1.54) is 39.6 Å². The molecule has 1 amide bonds. The zero-order valence-corrected chi connectivity index (χ0v) is 21.1. The molecule has 0 saturated heterocycles. The van der Waals surface area contributed by atoms with E-state index in [-0.39, 0.29) is 31.8 Å². The van der Waals surface area contributed by atoms with Gasteiger partial charge in [0, 0.05) is 12.2 Å². The van der Waals surface area contributed by atoms with E-state index in [0.29, 0.717) is 0 Å². The average Bonchev–Trinajstić information content (AvgIpc) is 2.60. The fourth-order valence-electron chi connectivity index (χ4n) is 2.00. The minimum Gasteiger partial charge on any atom is -0.750 e. The van der Waals surface area contributed by atoms with E-state index in [2.05, 4.69) is 33.5 Å². The highest BCUT2D eigenvalue weighted by molar-refractivity contribution is 7.87. The van der Waals surface area contributed by atoms with Crippen molar-refractivity contribution in [2.24, 2.45) is 0 Å². The van der Waals surface area contributed by atoms with Crippen LogP contribution in [0.2, 0.25) is 0 Å². The van der Waals surface area contributed by atoms with Gasteiger partial charge in [-0.25, -0.2) is 8.93 Å². The molecule has 35 heavy (non-hydrogen) atoms. The van der Waals surface area contributed by atoms with Gasteiger partial charge in [0.1, 0.15) is 17.3 Å². The van der Waals surface area contributed by atoms with Gasteiger partial charge in [0.25, 0.3) is 5.91 Å². The summed E-state index contributed by atoms with van der Waals surface area (Å²) in [5.74, 6) is -1.43. The minimum absolute atomic E-state index is 0. The van der Waals surface area contributed by atoms with Crippen LogP contribution in [0.3, 0.4) is 0 Å². The zero-order chi connectivity index (χ0) is 25.5. The molecule has 1 unspecified atom stereocenters. The van der Waals surface area contributed by atoms with Gasteiger partial charge in [-0.3, -0.25) is 9.59 Å². The van der Waals surface area contributed by atoms with E-state index in [4.69, 9.17) is 14.0 Å². The number of hydrogen-bond donors (Lipinski definition) is 2. The Morgan fingerprint density at radius 1 is 1.00 bits per heavy atom. The van der Waals surface area contributed by atoms with Crippen LogP contribution in [-0.2, 0) is 54.1 Å². The molecular formula is C17H37N2O13S3-. The van der Waals surface area contributed by atoms with Gasteiger partial charge in [-0.05, 0) is 34.6 Å². The van der Waals surface area contributed by atoms with Crippen molar-refractivity contribution in [1.82, 2.24) is 4.72 Å². The number of hydrogen-bond acceptors (Lipinski definition) is 12. The molecule has 2 aliphatic heterocycles. The molecule has 2 heterocycles. The van der Waals surface area contributed by atoms with Gasteiger partial charge in [-0.1, -0.05) is 14.9 Å². The summed E-state index contributed by atoms with van der Waals surface area (Å²) in [5, 5.41) is 8.52. The Morgan fingerprint density at radius 2 is 1.40 bits per heavy atom. The molecule has 0 aromatic rings. The van der Waals surface area contributed by atoms with Gasteiger partial charge in [0.05, 0.1) is 31.0 Å². The van der Waals surface area contributed by atoms with Crippen LogP contribution in [0.15, 0.2) is 23.7 Å². The third kappa shape index (κ3) is 25.0. The summed E-state index contributed by atoms with van der Waals surface area (Å²) in [5.41, 5.74) is 0. The predicted molar refractivity (Wildman–Crippen MR) is 125 cm³/mol. The van der Waals surface area contributed by atoms with Gasteiger partial charge in [0.15, 0.2) is 5.78 Å². The Bertz CT molecular complexity index is 842. The van der Waals surface area contributed by atoms with Crippen LogP contribution in [0.25, 0.3) is 0 Å². The first-order chi connectivity index (χ1) is 14.6. The summed E-state index contributed by atoms with van der Waals surface area (Å²) in [6.45, 7) is 13.3. The van der Waals surface area contributed by atoms with Crippen molar-refractivity contribution in [3.05, 3.63) is 23.7 Å². The molecule has 0 aromatic carbocycles. The molecule has 0 aromatic heterocycles. The molecule has 0 fully saturated rings. The molecule has 212 valence electrons. The van der Waals surface area contributed by atoms with Gasteiger partial charge < -0.3 is 32.9 Å². The summed E-state index contributed by atoms with van der Waals surface area (Å²) in [7, 11) is -7.45. The van der Waals surface area contributed by atoms with E-state index < -0.39 is 49.2 Å². The Balaban J connectivity index is -0.000000115. The second kappa shape index (κ2) is 21.4. The smallest absolute Gasteiger partial charge is 0.409 e. The lowest BCUT2D eigenvalue weighted by atomic mass is 10.4. The summed E-state index contributed by atoms with van der Waals surface area (Å²) in [6.07, 6.45) is 2.22. The highest BCUT2D eigenvalue weighted by Gasteiger charge is 2.22. The molecule has 0 saturated carbocycles. The largest absolute Gasteiger partial charge is 0.750 e. The molecule has 0 bridgehead atoms. The Morgan fingerprint density at radius 3 is 1.63 bits per heavy atom. The van der Waals surface area contributed by atoms with Crippen LogP contribution < -0.4 is 14.9 Å². The first kappa shape index (κ1) is 43.2. The molecule has 1 atom stereocenters. The van der Waals surface area contributed by atoms with Crippen molar-refractivity contribution in [3.8, 4) is 0 Å². The molecule has 4 N–H and O–H groups in total. The van der Waals surface area contributed by atoms with E-state index in [0.717, 1.165) is 6.08 Å². The van der Waals surface area contributed by atoms with E-state index in [9.17, 15) is 26.4 Å². The molecule has 0 radical (unpaired) electrons. The maximum atomic E-state index is 10.6. The molecule has 0 aliphatic carbocycles. The fourth-order valence-corrected chi connectivity index (χ4v) is 3.68. The van der Waals surface area contributed by atoms with Gasteiger partial charge >= 0.3 is 20.4 Å². The van der Waals surface area contributed by atoms with E-state index in [1.807, 2.05) is 0 Å². The van der Waals surface area contributed by atoms with Crippen molar-refractivity contribution in [1.29, 1.82) is 0 Å². The van der Waals surface area contributed by atoms with Crippen LogP contribution in [0, 0.1) is 0 Å². The molecule has 18 heteroatoms. The van der Waals surface area contributed by atoms with Crippen molar-refractivity contribution in [2.75, 3.05) is 25.4 Å². The average molecular weight is 574 g/mol. The van der Waals surface area contributed by atoms with Gasteiger partial charge in [0.2, 0.25) is 0 Å². The monoisotopic (exact) mass is 573 g/mol. The Kier molecular flexibility index (Phi) is 26.3. The number of carbonyl (C=O) groups excluding carboxylic acids is 2. The van der Waals surface area contributed by atoms with Crippen LogP contribution in [0.5, 0.6) is 0 Å². The van der Waals surface area contributed by atoms with Crippen LogP contribution in [0.4, 0.5) is 0 Å². The van der Waals surface area contributed by atoms with Crippen molar-refractivity contribution >= 4 is 43.5 Å². The second-order valence-electron chi connectivity index (χ2n) is 5.85. The summed E-state index contributed by atoms with van der Waals surface area (Å²) >= 11 is -2.88. The molecule has 2 rings (SSSR count). The Hall–Kier alpha value is -1.93. The van der Waals surface area contributed by atoms with E-state index >= 15 is 0 Å². The first-order valence-electron chi connectivity index (χ1n) is 8.92. The van der Waals surface area contributed by atoms with Crippen LogP contribution in [-0.4, -0.2) is 68.2 Å². The maximum Gasteiger partial charge on any atom is 0.409 e. The van der Waals surface area contributed by atoms with E-state index in [1.54, 1.807) is 9.62 Å². The standard InChI is InChI=1S/C6H15N.C5H6O4S.C4H5NO4S.2CH4.H2O4S.H2O/c1-4-7(5-2)6-3;1-4-2-5(6)3-10(7,8)9-4;1-3-2-4(6)5-10(7,8)9-3;;;1-4-5(2)3;/h4-6H2,1-3H3;2H,3H2,1H3;2H,1H3,(H,5,6);2*1H4;1H,(H,2,3);1H2/p-1. The van der Waals surface area contributed by atoms with Crippen LogP contribution >= 0.6 is 0 Å². The summed E-state index contributed by atoms with van der Waals surface area (Å²) < 4.78 is 72.4. The quantitative estimate of drug-likeness (QED) is 0.154. The van der Waals surface area contributed by atoms with Crippen molar-refractivity contribution < 1.29 is 63.5 Å². The topological polar surface area (TPSA) is 241 Å². The first-order valence-corrected chi connectivity index (χ1v) is 12.9. The SMILES string of the molecule is C.C.CC1=CC(=O)CS(=O)(=O)O1.CC1=CC(=O)NS(=O)(=O)O1.CC[NH+](CC)CC.O.O=S([O-])O[O-]. The van der Waals surface area contributed by atoms with Crippen LogP contribution in [0.1, 0.15) is 49.5 Å². The number of nitrogens with one attached hydrogen (secondary N) is 2. The number of amides is 1.